The quantitative estimate of drug-likeness (QED) is 0.632. The Labute approximate surface area is 91.3 Å². The summed E-state index contributed by atoms with van der Waals surface area (Å²) in [6.07, 6.45) is 2.65. The minimum absolute atomic E-state index is 0.372. The number of benzene rings is 1. The molecule has 0 aromatic heterocycles. The summed E-state index contributed by atoms with van der Waals surface area (Å²) < 4.78 is 0. The van der Waals surface area contributed by atoms with Gasteiger partial charge in [0.2, 0.25) is 0 Å². The highest BCUT2D eigenvalue weighted by Gasteiger charge is 2.03. The molecule has 1 aromatic carbocycles. The first-order valence-corrected chi connectivity index (χ1v) is 6.21. The molecule has 0 saturated carbocycles. The predicted molar refractivity (Wildman–Crippen MR) is 63.4 cm³/mol. The molecule has 0 fully saturated rings. The van der Waals surface area contributed by atoms with Gasteiger partial charge < -0.3 is 5.73 Å². The molecular formula is C10H11NOS2. The number of hydrogen-bond donors (Lipinski definition) is 1. The highest BCUT2D eigenvalue weighted by atomic mass is 33.1. The van der Waals surface area contributed by atoms with Crippen molar-refractivity contribution in [2.45, 2.75) is 11.3 Å². The van der Waals surface area contributed by atoms with E-state index in [1.807, 2.05) is 30.3 Å². The molecule has 0 heterocycles. The lowest BCUT2D eigenvalue weighted by Crippen LogP contribution is -1.99. The first-order chi connectivity index (χ1) is 6.74. The number of amides is 1. The highest BCUT2D eigenvalue weighted by molar-refractivity contribution is 8.82. The Balaban J connectivity index is 2.73. The molecule has 0 unspecified atom stereocenters. The topological polar surface area (TPSA) is 43.1 Å². The summed E-state index contributed by atoms with van der Waals surface area (Å²) in [6, 6.07) is 7.90. The highest BCUT2D eigenvalue weighted by Crippen LogP contribution is 2.33. The summed E-state index contributed by atoms with van der Waals surface area (Å²) in [7, 11) is 2.44. The first-order valence-electron chi connectivity index (χ1n) is 4.07. The van der Waals surface area contributed by atoms with Gasteiger partial charge in [-0.25, -0.2) is 0 Å². The zero-order chi connectivity index (χ0) is 10.4. The van der Waals surface area contributed by atoms with Gasteiger partial charge in [0.25, 0.3) is 5.24 Å². The number of hydrogen-bond acceptors (Lipinski definition) is 3. The molecule has 0 aliphatic carbocycles. The van der Waals surface area contributed by atoms with Crippen LogP contribution in [0.4, 0.5) is 4.79 Å². The van der Waals surface area contributed by atoms with Gasteiger partial charge in [-0.15, -0.1) is 6.58 Å². The van der Waals surface area contributed by atoms with Crippen molar-refractivity contribution < 1.29 is 4.79 Å². The minimum atomic E-state index is -0.372. The van der Waals surface area contributed by atoms with Crippen LogP contribution >= 0.6 is 21.6 Å². The maximum absolute atomic E-state index is 10.6. The molecule has 2 N–H and O–H groups in total. The number of nitrogens with two attached hydrogens (primary N) is 1. The molecular weight excluding hydrogens is 214 g/mol. The van der Waals surface area contributed by atoms with Gasteiger partial charge in [0.1, 0.15) is 0 Å². The van der Waals surface area contributed by atoms with Crippen molar-refractivity contribution in [1.82, 2.24) is 0 Å². The summed E-state index contributed by atoms with van der Waals surface area (Å²) >= 11 is 0. The first kappa shape index (κ1) is 11.2. The van der Waals surface area contributed by atoms with E-state index in [0.717, 1.165) is 22.1 Å². The SMILES string of the molecule is C=CCc1ccccc1SSC(N)=O. The zero-order valence-electron chi connectivity index (χ0n) is 7.60. The fraction of sp³-hybridized carbons (Fsp3) is 0.100. The fourth-order valence-electron chi connectivity index (χ4n) is 0.995. The van der Waals surface area contributed by atoms with Crippen molar-refractivity contribution in [3.63, 3.8) is 0 Å². The molecule has 1 aromatic rings. The van der Waals surface area contributed by atoms with Crippen LogP contribution in [0.1, 0.15) is 5.56 Å². The Bertz CT molecular complexity index is 339. The lowest BCUT2D eigenvalue weighted by atomic mass is 10.1. The van der Waals surface area contributed by atoms with Gasteiger partial charge in [-0.3, -0.25) is 4.79 Å². The largest absolute Gasteiger partial charge is 0.360 e. The number of carbonyl (C=O) groups is 1. The lowest BCUT2D eigenvalue weighted by molar-refractivity contribution is 0.267. The van der Waals surface area contributed by atoms with Gasteiger partial charge >= 0.3 is 0 Å². The molecule has 0 atom stereocenters. The van der Waals surface area contributed by atoms with E-state index in [1.165, 1.54) is 16.4 Å². The average Bonchev–Trinajstić information content (AvgIpc) is 2.17. The molecule has 0 saturated heterocycles. The van der Waals surface area contributed by atoms with Crippen LogP contribution in [0, 0.1) is 0 Å². The zero-order valence-corrected chi connectivity index (χ0v) is 9.24. The van der Waals surface area contributed by atoms with E-state index in [1.54, 1.807) is 0 Å². The molecule has 0 aliphatic rings. The van der Waals surface area contributed by atoms with Crippen molar-refractivity contribution in [2.75, 3.05) is 0 Å². The third-order valence-corrected chi connectivity index (χ3v) is 3.66. The molecule has 1 amide bonds. The van der Waals surface area contributed by atoms with Gasteiger partial charge in [0.05, 0.1) is 0 Å². The molecule has 0 bridgehead atoms. The second kappa shape index (κ2) is 5.78. The Morgan fingerprint density at radius 2 is 2.21 bits per heavy atom. The number of allylic oxidation sites excluding steroid dienone is 1. The maximum Gasteiger partial charge on any atom is 0.287 e. The molecule has 0 spiro atoms. The van der Waals surface area contributed by atoms with Gasteiger partial charge in [-0.1, -0.05) is 24.3 Å². The van der Waals surface area contributed by atoms with E-state index < -0.39 is 0 Å². The van der Waals surface area contributed by atoms with Gasteiger partial charge in [-0.05, 0) is 28.8 Å². The van der Waals surface area contributed by atoms with Crippen molar-refractivity contribution in [3.05, 3.63) is 42.5 Å². The lowest BCUT2D eigenvalue weighted by Gasteiger charge is -2.04. The molecule has 74 valence electrons. The van der Waals surface area contributed by atoms with Gasteiger partial charge in [0.15, 0.2) is 0 Å². The Morgan fingerprint density at radius 1 is 1.50 bits per heavy atom. The van der Waals surface area contributed by atoms with Gasteiger partial charge in [-0.2, -0.15) is 0 Å². The van der Waals surface area contributed by atoms with Crippen LogP contribution in [0.2, 0.25) is 0 Å². The predicted octanol–water partition coefficient (Wildman–Crippen LogP) is 3.23. The summed E-state index contributed by atoms with van der Waals surface area (Å²) in [5, 5.41) is -0.372. The summed E-state index contributed by atoms with van der Waals surface area (Å²) in [4.78, 5) is 11.7. The third kappa shape index (κ3) is 3.47. The molecule has 0 radical (unpaired) electrons. The number of carbonyl (C=O) groups excluding carboxylic acids is 1. The fourth-order valence-corrected chi connectivity index (χ4v) is 2.56. The van der Waals surface area contributed by atoms with E-state index in [2.05, 4.69) is 6.58 Å². The maximum atomic E-state index is 10.6. The van der Waals surface area contributed by atoms with Gasteiger partial charge in [0, 0.05) is 15.7 Å². The normalized spacial score (nSPS) is 9.71. The van der Waals surface area contributed by atoms with Crippen LogP contribution < -0.4 is 5.73 Å². The number of rotatable bonds is 4. The number of primary amides is 1. The van der Waals surface area contributed by atoms with Crippen LogP contribution in [0.25, 0.3) is 0 Å². The van der Waals surface area contributed by atoms with E-state index >= 15 is 0 Å². The molecule has 14 heavy (non-hydrogen) atoms. The van der Waals surface area contributed by atoms with Crippen LogP contribution in [0.5, 0.6) is 0 Å². The second-order valence-corrected chi connectivity index (χ2v) is 4.76. The Hall–Kier alpha value is -0.870. The Morgan fingerprint density at radius 3 is 2.86 bits per heavy atom. The van der Waals surface area contributed by atoms with Crippen molar-refractivity contribution in [1.29, 1.82) is 0 Å². The monoisotopic (exact) mass is 225 g/mol. The van der Waals surface area contributed by atoms with E-state index in [0.29, 0.717) is 0 Å². The average molecular weight is 225 g/mol. The van der Waals surface area contributed by atoms with Crippen molar-refractivity contribution in [2.24, 2.45) is 5.73 Å². The van der Waals surface area contributed by atoms with Crippen LogP contribution in [-0.4, -0.2) is 5.24 Å². The van der Waals surface area contributed by atoms with E-state index in [4.69, 9.17) is 5.73 Å². The van der Waals surface area contributed by atoms with Crippen molar-refractivity contribution >= 4 is 26.8 Å². The standard InChI is InChI=1S/C10H11NOS2/c1-2-5-8-6-3-4-7-9(8)13-14-10(11)12/h2-4,6-7H,1,5H2,(H2,11,12). The Kier molecular flexibility index (Phi) is 4.62. The molecule has 1 rings (SSSR count). The van der Waals surface area contributed by atoms with Crippen LogP contribution in [0.15, 0.2) is 41.8 Å². The summed E-state index contributed by atoms with van der Waals surface area (Å²) in [5.41, 5.74) is 6.22. The van der Waals surface area contributed by atoms with Crippen molar-refractivity contribution in [3.8, 4) is 0 Å². The van der Waals surface area contributed by atoms with Crippen LogP contribution in [-0.2, 0) is 6.42 Å². The third-order valence-electron chi connectivity index (χ3n) is 1.55. The smallest absolute Gasteiger partial charge is 0.287 e. The molecule has 2 nitrogen and oxygen atoms in total. The summed E-state index contributed by atoms with van der Waals surface area (Å²) in [6.45, 7) is 3.68. The van der Waals surface area contributed by atoms with E-state index in [-0.39, 0.29) is 5.24 Å². The molecule has 0 aliphatic heterocycles. The summed E-state index contributed by atoms with van der Waals surface area (Å²) in [5.74, 6) is 0. The molecule has 4 heteroatoms. The van der Waals surface area contributed by atoms with E-state index in [9.17, 15) is 4.79 Å². The minimum Gasteiger partial charge on any atom is -0.360 e. The van der Waals surface area contributed by atoms with Crippen LogP contribution in [0.3, 0.4) is 0 Å². The second-order valence-electron chi connectivity index (χ2n) is 2.59.